The van der Waals surface area contributed by atoms with E-state index in [0.717, 1.165) is 6.54 Å². The topological polar surface area (TPSA) is 20.3 Å². The summed E-state index contributed by atoms with van der Waals surface area (Å²) >= 11 is 0. The molecule has 0 fully saturated rings. The van der Waals surface area contributed by atoms with Crippen LogP contribution in [0.25, 0.3) is 0 Å². The van der Waals surface area contributed by atoms with Gasteiger partial charge in [0.25, 0.3) is 0 Å². The third-order valence-corrected chi connectivity index (χ3v) is 1.48. The van der Waals surface area contributed by atoms with Crippen LogP contribution in [0.3, 0.4) is 0 Å². The third kappa shape index (κ3) is 1.31. The molecule has 0 aliphatic carbocycles. The first-order valence-electron chi connectivity index (χ1n) is 3.15. The van der Waals surface area contributed by atoms with Gasteiger partial charge in [0.15, 0.2) is 0 Å². The Hall–Kier alpha value is -0.790. The average molecular weight is 125 g/mol. The fourth-order valence-electron chi connectivity index (χ4n) is 0.916. The van der Waals surface area contributed by atoms with Gasteiger partial charge in [-0.1, -0.05) is 13.0 Å². The Bertz CT molecular complexity index is 151. The number of amides is 1. The highest BCUT2D eigenvalue weighted by Gasteiger charge is 2.13. The summed E-state index contributed by atoms with van der Waals surface area (Å²) in [4.78, 5) is 12.4. The predicted octanol–water partition coefficient (Wildman–Crippen LogP) is 0.998. The van der Waals surface area contributed by atoms with E-state index < -0.39 is 0 Å². The molecule has 0 aromatic heterocycles. The lowest BCUT2D eigenvalue weighted by Crippen LogP contribution is -2.22. The van der Waals surface area contributed by atoms with Crippen LogP contribution in [0.4, 0.5) is 0 Å². The number of hydrogen-bond acceptors (Lipinski definition) is 1. The number of nitrogens with zero attached hydrogens (tertiary/aromatic N) is 1. The highest BCUT2D eigenvalue weighted by atomic mass is 16.2. The van der Waals surface area contributed by atoms with E-state index in [-0.39, 0.29) is 5.91 Å². The Morgan fingerprint density at radius 2 is 2.44 bits per heavy atom. The van der Waals surface area contributed by atoms with Gasteiger partial charge in [0.1, 0.15) is 0 Å². The van der Waals surface area contributed by atoms with Gasteiger partial charge in [-0.25, -0.2) is 0 Å². The maximum atomic E-state index is 10.7. The molecule has 2 nitrogen and oxygen atoms in total. The van der Waals surface area contributed by atoms with Crippen molar-refractivity contribution in [1.29, 1.82) is 0 Å². The number of hydrogen-bond donors (Lipinski definition) is 0. The molecule has 50 valence electrons. The molecule has 0 aromatic carbocycles. The number of carbonyl (C=O) groups is 1. The zero-order valence-corrected chi connectivity index (χ0v) is 5.79. The van der Waals surface area contributed by atoms with Crippen molar-refractivity contribution in [2.24, 2.45) is 5.92 Å². The van der Waals surface area contributed by atoms with E-state index >= 15 is 0 Å². The minimum Gasteiger partial charge on any atom is -0.319 e. The first-order valence-corrected chi connectivity index (χ1v) is 3.15. The molecule has 0 N–H and O–H groups in total. The van der Waals surface area contributed by atoms with Crippen LogP contribution in [0.1, 0.15) is 13.8 Å². The first-order chi connectivity index (χ1) is 4.20. The second kappa shape index (κ2) is 2.21. The van der Waals surface area contributed by atoms with Gasteiger partial charge >= 0.3 is 0 Å². The molecule has 0 radical (unpaired) electrons. The summed E-state index contributed by atoms with van der Waals surface area (Å²) in [6.07, 6.45) is 3.90. The van der Waals surface area contributed by atoms with Crippen molar-refractivity contribution >= 4 is 5.91 Å². The predicted molar refractivity (Wildman–Crippen MR) is 35.7 cm³/mol. The normalized spacial score (nSPS) is 25.1. The maximum absolute atomic E-state index is 10.7. The van der Waals surface area contributed by atoms with Crippen molar-refractivity contribution in [2.45, 2.75) is 13.8 Å². The second-order valence-electron chi connectivity index (χ2n) is 2.49. The summed E-state index contributed by atoms with van der Waals surface area (Å²) in [7, 11) is 0. The van der Waals surface area contributed by atoms with Crippen LogP contribution in [0.5, 0.6) is 0 Å². The summed E-state index contributed by atoms with van der Waals surface area (Å²) in [5.74, 6) is 0.671. The summed E-state index contributed by atoms with van der Waals surface area (Å²) in [6.45, 7) is 4.54. The van der Waals surface area contributed by atoms with E-state index in [1.807, 2.05) is 12.3 Å². The van der Waals surface area contributed by atoms with E-state index in [1.165, 1.54) is 0 Å². The largest absolute Gasteiger partial charge is 0.319 e. The summed E-state index contributed by atoms with van der Waals surface area (Å²) in [6, 6.07) is 0. The van der Waals surface area contributed by atoms with Crippen molar-refractivity contribution in [3.8, 4) is 0 Å². The van der Waals surface area contributed by atoms with Crippen LogP contribution in [0.2, 0.25) is 0 Å². The Labute approximate surface area is 55.2 Å². The molecule has 1 aliphatic heterocycles. The molecule has 1 unspecified atom stereocenters. The van der Waals surface area contributed by atoms with Crippen LogP contribution in [0.15, 0.2) is 12.3 Å². The molecule has 0 saturated heterocycles. The fourth-order valence-corrected chi connectivity index (χ4v) is 0.916. The van der Waals surface area contributed by atoms with Crippen molar-refractivity contribution < 1.29 is 4.79 Å². The lowest BCUT2D eigenvalue weighted by atomic mass is 10.2. The zero-order chi connectivity index (χ0) is 6.85. The Morgan fingerprint density at radius 1 is 1.78 bits per heavy atom. The highest BCUT2D eigenvalue weighted by molar-refractivity contribution is 5.74. The minimum atomic E-state index is 0.135. The zero-order valence-electron chi connectivity index (χ0n) is 5.79. The van der Waals surface area contributed by atoms with Gasteiger partial charge in [-0.3, -0.25) is 4.79 Å². The molecule has 1 aliphatic rings. The monoisotopic (exact) mass is 125 g/mol. The lowest BCUT2D eigenvalue weighted by Gasteiger charge is -2.10. The van der Waals surface area contributed by atoms with Gasteiger partial charge in [0, 0.05) is 19.7 Å². The molecular weight excluding hydrogens is 114 g/mol. The van der Waals surface area contributed by atoms with Crippen LogP contribution in [-0.2, 0) is 4.79 Å². The van der Waals surface area contributed by atoms with E-state index in [2.05, 4.69) is 6.92 Å². The van der Waals surface area contributed by atoms with Crippen LogP contribution in [-0.4, -0.2) is 17.4 Å². The third-order valence-electron chi connectivity index (χ3n) is 1.48. The molecule has 1 amide bonds. The SMILES string of the molecule is CC(=O)N1C=CC(C)C1. The molecule has 9 heavy (non-hydrogen) atoms. The van der Waals surface area contributed by atoms with Gasteiger partial charge < -0.3 is 4.90 Å². The number of rotatable bonds is 0. The summed E-state index contributed by atoms with van der Waals surface area (Å²) in [5.41, 5.74) is 0. The summed E-state index contributed by atoms with van der Waals surface area (Å²) in [5, 5.41) is 0. The Kier molecular flexibility index (Phi) is 1.56. The van der Waals surface area contributed by atoms with Crippen molar-refractivity contribution in [3.05, 3.63) is 12.3 Å². The fraction of sp³-hybridized carbons (Fsp3) is 0.571. The molecule has 0 bridgehead atoms. The molecular formula is C7H11NO. The molecule has 0 spiro atoms. The molecule has 0 aromatic rings. The van der Waals surface area contributed by atoms with E-state index in [0.29, 0.717) is 5.92 Å². The van der Waals surface area contributed by atoms with E-state index in [1.54, 1.807) is 11.8 Å². The molecule has 1 rings (SSSR count). The first kappa shape index (κ1) is 6.33. The van der Waals surface area contributed by atoms with Gasteiger partial charge in [-0.2, -0.15) is 0 Å². The van der Waals surface area contributed by atoms with Crippen molar-refractivity contribution in [1.82, 2.24) is 4.90 Å². The maximum Gasteiger partial charge on any atom is 0.223 e. The van der Waals surface area contributed by atoms with Gasteiger partial charge in [-0.15, -0.1) is 0 Å². The second-order valence-corrected chi connectivity index (χ2v) is 2.49. The van der Waals surface area contributed by atoms with Crippen LogP contribution >= 0.6 is 0 Å². The smallest absolute Gasteiger partial charge is 0.223 e. The van der Waals surface area contributed by atoms with Crippen molar-refractivity contribution in [3.63, 3.8) is 0 Å². The summed E-state index contributed by atoms with van der Waals surface area (Å²) < 4.78 is 0. The van der Waals surface area contributed by atoms with Crippen LogP contribution < -0.4 is 0 Å². The molecule has 0 saturated carbocycles. The molecule has 2 heteroatoms. The van der Waals surface area contributed by atoms with E-state index in [9.17, 15) is 4.79 Å². The Balaban J connectivity index is 2.50. The van der Waals surface area contributed by atoms with Gasteiger partial charge in [0.05, 0.1) is 0 Å². The molecule has 1 heterocycles. The number of carbonyl (C=O) groups excluding carboxylic acids is 1. The van der Waals surface area contributed by atoms with Gasteiger partial charge in [0.2, 0.25) is 5.91 Å². The highest BCUT2D eigenvalue weighted by Crippen LogP contribution is 2.10. The minimum absolute atomic E-state index is 0.135. The Morgan fingerprint density at radius 3 is 2.67 bits per heavy atom. The van der Waals surface area contributed by atoms with E-state index in [4.69, 9.17) is 0 Å². The van der Waals surface area contributed by atoms with Crippen molar-refractivity contribution in [2.75, 3.05) is 6.54 Å². The quantitative estimate of drug-likeness (QED) is 0.473. The molecule has 1 atom stereocenters. The average Bonchev–Trinajstić information content (AvgIpc) is 2.14. The van der Waals surface area contributed by atoms with Gasteiger partial charge in [-0.05, 0) is 5.92 Å². The lowest BCUT2D eigenvalue weighted by molar-refractivity contribution is -0.126. The van der Waals surface area contributed by atoms with Crippen LogP contribution in [0, 0.1) is 5.92 Å². The standard InChI is InChI=1S/C7H11NO/c1-6-3-4-8(5-6)7(2)9/h3-4,6H,5H2,1-2H3.